The second-order valence-electron chi connectivity index (χ2n) is 16.1. The summed E-state index contributed by atoms with van der Waals surface area (Å²) >= 11 is 0. The lowest BCUT2D eigenvalue weighted by atomic mass is 9.82. The fraction of sp³-hybridized carbons (Fsp3) is 0.0526. The van der Waals surface area contributed by atoms with E-state index in [1.54, 1.807) is 0 Å². The van der Waals surface area contributed by atoms with Gasteiger partial charge < -0.3 is 0 Å². The molecule has 10 aromatic rings. The van der Waals surface area contributed by atoms with E-state index in [0.717, 1.165) is 39.0 Å². The molecule has 59 heavy (non-hydrogen) atoms. The quantitative estimate of drug-likeness (QED) is 0.169. The zero-order valence-electron chi connectivity index (χ0n) is 33.0. The van der Waals surface area contributed by atoms with Crippen molar-refractivity contribution in [2.75, 3.05) is 0 Å². The summed E-state index contributed by atoms with van der Waals surface area (Å²) in [6.45, 7) is 4.67. The third-order valence-electron chi connectivity index (χ3n) is 12.3. The Morgan fingerprint density at radius 2 is 0.847 bits per heavy atom. The molecule has 0 bridgehead atoms. The fourth-order valence-corrected chi connectivity index (χ4v) is 9.38. The summed E-state index contributed by atoms with van der Waals surface area (Å²) < 4.78 is 0. The van der Waals surface area contributed by atoms with Crippen molar-refractivity contribution < 1.29 is 0 Å². The van der Waals surface area contributed by atoms with Gasteiger partial charge in [-0.3, -0.25) is 0 Å². The summed E-state index contributed by atoms with van der Waals surface area (Å²) in [7, 11) is 0. The maximum atomic E-state index is 5.30. The molecule has 2 heteroatoms. The lowest BCUT2D eigenvalue weighted by Crippen LogP contribution is -2.14. The zero-order valence-corrected chi connectivity index (χ0v) is 33.0. The number of fused-ring (bicyclic) bond motifs is 5. The second kappa shape index (κ2) is 13.9. The minimum atomic E-state index is -0.0145. The largest absolute Gasteiger partial charge is 0.228 e. The molecule has 1 aliphatic carbocycles. The second-order valence-corrected chi connectivity index (χ2v) is 16.1. The number of hydrogen-bond donors (Lipinski definition) is 0. The maximum Gasteiger partial charge on any atom is 0.160 e. The first-order valence-electron chi connectivity index (χ1n) is 20.4. The van der Waals surface area contributed by atoms with E-state index in [1.165, 1.54) is 66.2 Å². The predicted octanol–water partition coefficient (Wildman–Crippen LogP) is 15.1. The summed E-state index contributed by atoms with van der Waals surface area (Å²) in [5.74, 6) is 0.701. The van der Waals surface area contributed by atoms with E-state index >= 15 is 0 Å². The summed E-state index contributed by atoms with van der Waals surface area (Å²) in [5, 5.41) is 4.77. The van der Waals surface area contributed by atoms with E-state index in [0.29, 0.717) is 5.82 Å². The van der Waals surface area contributed by atoms with Crippen LogP contribution < -0.4 is 0 Å². The Hall–Kier alpha value is -7.42. The Morgan fingerprint density at radius 3 is 1.68 bits per heavy atom. The smallest absolute Gasteiger partial charge is 0.160 e. The molecule has 0 atom stereocenters. The van der Waals surface area contributed by atoms with Crippen LogP contribution in [-0.4, -0.2) is 9.97 Å². The van der Waals surface area contributed by atoms with E-state index in [4.69, 9.17) is 9.97 Å². The average Bonchev–Trinajstić information content (AvgIpc) is 3.53. The first-order chi connectivity index (χ1) is 29.0. The molecule has 0 saturated heterocycles. The van der Waals surface area contributed by atoms with E-state index in [-0.39, 0.29) is 5.41 Å². The fourth-order valence-electron chi connectivity index (χ4n) is 9.38. The highest BCUT2D eigenvalue weighted by molar-refractivity contribution is 6.06. The molecule has 0 aliphatic heterocycles. The molecule has 2 nitrogen and oxygen atoms in total. The molecule has 278 valence electrons. The van der Waals surface area contributed by atoms with Gasteiger partial charge in [-0.25, -0.2) is 9.97 Å². The van der Waals surface area contributed by atoms with Crippen LogP contribution in [0.25, 0.3) is 100.0 Å². The molecular formula is C57H40N2. The summed E-state index contributed by atoms with van der Waals surface area (Å²) in [6, 6.07) is 74.4. The van der Waals surface area contributed by atoms with Crippen molar-refractivity contribution in [2.45, 2.75) is 19.3 Å². The Balaban J connectivity index is 1.05. The van der Waals surface area contributed by atoms with Gasteiger partial charge in [0.05, 0.1) is 11.4 Å². The van der Waals surface area contributed by atoms with Crippen molar-refractivity contribution in [1.82, 2.24) is 9.97 Å². The van der Waals surface area contributed by atoms with Crippen LogP contribution >= 0.6 is 0 Å². The third kappa shape index (κ3) is 5.87. The molecule has 0 radical (unpaired) electrons. The van der Waals surface area contributed by atoms with Gasteiger partial charge in [-0.05, 0) is 95.4 Å². The molecule has 9 aromatic carbocycles. The van der Waals surface area contributed by atoms with Crippen LogP contribution in [0, 0.1) is 0 Å². The Labute approximate surface area is 345 Å². The molecule has 0 amide bonds. The van der Waals surface area contributed by atoms with E-state index in [2.05, 4.69) is 214 Å². The SMILES string of the molecule is CC1(C)c2ccccc2-c2cc(-c3cccc(-c4ccc(-c5cc(-c6ccccc6-c6cccc7ccccc67)nc(-c6ccccc6)n5)c5ccccc45)c3)ccc21. The molecule has 1 aromatic heterocycles. The Kier molecular flexibility index (Phi) is 8.20. The van der Waals surface area contributed by atoms with E-state index < -0.39 is 0 Å². The van der Waals surface area contributed by atoms with Gasteiger partial charge >= 0.3 is 0 Å². The van der Waals surface area contributed by atoms with E-state index in [1.807, 2.05) is 6.07 Å². The highest BCUT2D eigenvalue weighted by atomic mass is 14.9. The monoisotopic (exact) mass is 752 g/mol. The van der Waals surface area contributed by atoms with Crippen molar-refractivity contribution in [3.63, 3.8) is 0 Å². The minimum Gasteiger partial charge on any atom is -0.228 e. The lowest BCUT2D eigenvalue weighted by molar-refractivity contribution is 0.660. The van der Waals surface area contributed by atoms with Crippen molar-refractivity contribution in [3.8, 4) is 78.4 Å². The number of nitrogens with zero attached hydrogens (tertiary/aromatic N) is 2. The molecule has 0 saturated carbocycles. The summed E-state index contributed by atoms with van der Waals surface area (Å²) in [4.78, 5) is 10.6. The van der Waals surface area contributed by atoms with Crippen LogP contribution in [0.5, 0.6) is 0 Å². The predicted molar refractivity (Wildman–Crippen MR) is 247 cm³/mol. The Morgan fingerprint density at radius 1 is 0.305 bits per heavy atom. The normalized spacial score (nSPS) is 12.7. The van der Waals surface area contributed by atoms with Gasteiger partial charge in [0, 0.05) is 22.1 Å². The van der Waals surface area contributed by atoms with Crippen molar-refractivity contribution in [2.24, 2.45) is 0 Å². The molecule has 0 spiro atoms. The van der Waals surface area contributed by atoms with Crippen molar-refractivity contribution in [1.29, 1.82) is 0 Å². The van der Waals surface area contributed by atoms with Gasteiger partial charge in [0.15, 0.2) is 5.82 Å². The highest BCUT2D eigenvalue weighted by Crippen LogP contribution is 2.50. The van der Waals surface area contributed by atoms with E-state index in [9.17, 15) is 0 Å². The molecule has 11 rings (SSSR count). The first kappa shape index (κ1) is 34.8. The highest BCUT2D eigenvalue weighted by Gasteiger charge is 2.35. The molecular weight excluding hydrogens is 713 g/mol. The number of rotatable bonds is 6. The van der Waals surface area contributed by atoms with Crippen molar-refractivity contribution >= 4 is 21.5 Å². The zero-order chi connectivity index (χ0) is 39.5. The van der Waals surface area contributed by atoms with Crippen LogP contribution in [-0.2, 0) is 5.41 Å². The first-order valence-corrected chi connectivity index (χ1v) is 20.4. The molecule has 1 heterocycles. The lowest BCUT2D eigenvalue weighted by Gasteiger charge is -2.21. The van der Waals surface area contributed by atoms with Gasteiger partial charge in [-0.2, -0.15) is 0 Å². The van der Waals surface area contributed by atoms with Crippen molar-refractivity contribution in [3.05, 3.63) is 217 Å². The van der Waals surface area contributed by atoms with Gasteiger partial charge in [-0.1, -0.05) is 202 Å². The van der Waals surface area contributed by atoms with Crippen LogP contribution in [0.3, 0.4) is 0 Å². The Bertz CT molecular complexity index is 3240. The third-order valence-corrected chi connectivity index (χ3v) is 12.3. The van der Waals surface area contributed by atoms with Gasteiger partial charge in [0.25, 0.3) is 0 Å². The molecule has 0 fully saturated rings. The maximum absolute atomic E-state index is 5.30. The van der Waals surface area contributed by atoms with Gasteiger partial charge in [-0.15, -0.1) is 0 Å². The number of hydrogen-bond acceptors (Lipinski definition) is 2. The van der Waals surface area contributed by atoms with Crippen LogP contribution in [0.1, 0.15) is 25.0 Å². The standard InChI is InChI=1S/C57H40N2/c1-57(2)52-29-13-12-26-48(52)51-35-40(30-33-53(51)57)39-20-14-21-41(34-39)43-31-32-50(47-25-9-8-23-44(43)47)55-36-54(58-56(59-55)38-17-4-3-5-18-38)49-27-11-10-24-46(49)45-28-15-19-37-16-6-7-22-42(37)45/h3-36H,1-2H3. The molecule has 0 N–H and O–H groups in total. The number of benzene rings is 9. The van der Waals surface area contributed by atoms with Gasteiger partial charge in [0.2, 0.25) is 0 Å². The minimum absolute atomic E-state index is 0.0145. The number of aromatic nitrogens is 2. The topological polar surface area (TPSA) is 25.8 Å². The summed E-state index contributed by atoms with van der Waals surface area (Å²) in [5.41, 5.74) is 17.5. The van der Waals surface area contributed by atoms with Crippen LogP contribution in [0.2, 0.25) is 0 Å². The average molecular weight is 753 g/mol. The molecule has 0 unspecified atom stereocenters. The van der Waals surface area contributed by atoms with Gasteiger partial charge in [0.1, 0.15) is 0 Å². The molecule has 1 aliphatic rings. The van der Waals surface area contributed by atoms with Crippen LogP contribution in [0.4, 0.5) is 0 Å². The summed E-state index contributed by atoms with van der Waals surface area (Å²) in [6.07, 6.45) is 0. The van der Waals surface area contributed by atoms with Crippen LogP contribution in [0.15, 0.2) is 206 Å².